The monoisotopic (exact) mass is 443 g/mol. The summed E-state index contributed by atoms with van der Waals surface area (Å²) in [4.78, 5) is 3.61. The van der Waals surface area contributed by atoms with Gasteiger partial charge in [-0.1, -0.05) is 12.8 Å². The van der Waals surface area contributed by atoms with Crippen molar-refractivity contribution in [2.24, 2.45) is 0 Å². The van der Waals surface area contributed by atoms with Crippen LogP contribution < -0.4 is 5.73 Å². The second-order valence-corrected chi connectivity index (χ2v) is 7.97. The molecular formula is C20H25F4N5O2. The highest BCUT2D eigenvalue weighted by atomic mass is 19.4. The first-order chi connectivity index (χ1) is 14.6. The third-order valence-electron chi connectivity index (χ3n) is 5.96. The highest BCUT2D eigenvalue weighted by Crippen LogP contribution is 2.49. The largest absolute Gasteiger partial charge is 0.419 e. The van der Waals surface area contributed by atoms with E-state index >= 15 is 0 Å². The quantitative estimate of drug-likeness (QED) is 0.688. The molecule has 2 aromatic heterocycles. The maximum absolute atomic E-state index is 14.5. The van der Waals surface area contributed by atoms with Crippen LogP contribution in [0.4, 0.5) is 23.5 Å². The molecule has 3 heterocycles. The van der Waals surface area contributed by atoms with Crippen molar-refractivity contribution < 1.29 is 27.4 Å². The van der Waals surface area contributed by atoms with Gasteiger partial charge in [0.25, 0.3) is 0 Å². The van der Waals surface area contributed by atoms with E-state index in [2.05, 4.69) is 10.1 Å². The molecule has 0 bridgehead atoms. The van der Waals surface area contributed by atoms with Gasteiger partial charge in [0.05, 0.1) is 35.7 Å². The number of aromatic nitrogens is 3. The fourth-order valence-corrected chi connectivity index (χ4v) is 4.47. The van der Waals surface area contributed by atoms with Gasteiger partial charge in [0.1, 0.15) is 17.8 Å². The fraction of sp³-hybridized carbons (Fsp3) is 0.650. The number of rotatable bonds is 2. The zero-order chi connectivity index (χ0) is 22.8. The Morgan fingerprint density at radius 1 is 1.35 bits per heavy atom. The van der Waals surface area contributed by atoms with Gasteiger partial charge in [-0.05, 0) is 32.6 Å². The summed E-state index contributed by atoms with van der Waals surface area (Å²) >= 11 is 0. The van der Waals surface area contributed by atoms with E-state index in [1.807, 2.05) is 0 Å². The number of ether oxygens (including phenoxy) is 1. The lowest BCUT2D eigenvalue weighted by molar-refractivity contribution is -0.136. The Morgan fingerprint density at radius 2 is 2.03 bits per heavy atom. The van der Waals surface area contributed by atoms with Gasteiger partial charge < -0.3 is 15.6 Å². The maximum Gasteiger partial charge on any atom is 0.419 e. The number of aliphatic hydroxyl groups excluding tert-OH is 1. The van der Waals surface area contributed by atoms with Crippen LogP contribution in [0.2, 0.25) is 0 Å². The zero-order valence-corrected chi connectivity index (χ0v) is 17.1. The third kappa shape index (κ3) is 4.45. The first-order valence-electron chi connectivity index (χ1n) is 10.2. The number of nitrogen functional groups attached to an aromatic ring is 1. The third-order valence-corrected chi connectivity index (χ3v) is 5.96. The molecule has 3 N–H and O–H groups in total. The number of nitrogens with zero attached hydrogens (tertiary/aromatic N) is 4. The summed E-state index contributed by atoms with van der Waals surface area (Å²) in [6, 6.07) is 1.62. The summed E-state index contributed by atoms with van der Waals surface area (Å²) in [6.07, 6.45) is -1.48. The lowest BCUT2D eigenvalue weighted by Crippen LogP contribution is -2.35. The Labute approximate surface area is 176 Å². The highest BCUT2D eigenvalue weighted by molar-refractivity contribution is 5.67. The number of halogens is 4. The molecule has 11 heteroatoms. The molecule has 31 heavy (non-hydrogen) atoms. The molecule has 0 amide bonds. The van der Waals surface area contributed by atoms with E-state index in [9.17, 15) is 22.8 Å². The molecule has 1 saturated carbocycles. The number of anilines is 1. The molecule has 1 saturated heterocycles. The molecule has 0 radical (unpaired) electrons. The van der Waals surface area contributed by atoms with Crippen LogP contribution in [0.25, 0.3) is 5.52 Å². The SMILES string of the molecule is CC(F)C1(c2c(C#N)c(C(F)(F)F)c3cnc(N)nn23)CCCC1.OC1CCCOC1. The van der Waals surface area contributed by atoms with E-state index in [1.165, 1.54) is 6.92 Å². The Balaban J connectivity index is 0.000000330. The van der Waals surface area contributed by atoms with Gasteiger partial charge in [-0.15, -0.1) is 5.10 Å². The van der Waals surface area contributed by atoms with Crippen molar-refractivity contribution in [1.29, 1.82) is 5.26 Å². The Kier molecular flexibility index (Phi) is 6.71. The smallest absolute Gasteiger partial charge is 0.391 e. The first kappa shape index (κ1) is 23.2. The number of hydrogen-bond donors (Lipinski definition) is 2. The van der Waals surface area contributed by atoms with E-state index in [-0.39, 0.29) is 23.3 Å². The number of aliphatic hydroxyl groups is 1. The number of fused-ring (bicyclic) bond motifs is 1. The van der Waals surface area contributed by atoms with Crippen molar-refractivity contribution in [3.8, 4) is 6.07 Å². The molecule has 7 nitrogen and oxygen atoms in total. The standard InChI is InChI=1S/C15H15F4N5.C5H10O2/c1-8(16)14(4-2-3-5-14)12-9(6-20)11(15(17,18)19)10-7-22-13(21)23-24(10)12;6-5-2-1-3-7-4-5/h7-8H,2-5H2,1H3,(H2,21,23);5-6H,1-4H2. The molecule has 2 aliphatic rings. The van der Waals surface area contributed by atoms with Gasteiger partial charge in [-0.3, -0.25) is 0 Å². The van der Waals surface area contributed by atoms with Crippen molar-refractivity contribution in [3.05, 3.63) is 23.0 Å². The van der Waals surface area contributed by atoms with Gasteiger partial charge >= 0.3 is 6.18 Å². The van der Waals surface area contributed by atoms with Crippen LogP contribution >= 0.6 is 0 Å². The van der Waals surface area contributed by atoms with E-state index in [4.69, 9.17) is 15.6 Å². The predicted molar refractivity (Wildman–Crippen MR) is 104 cm³/mol. The second-order valence-electron chi connectivity index (χ2n) is 7.97. The number of hydrogen-bond acceptors (Lipinski definition) is 6. The molecule has 1 aliphatic carbocycles. The van der Waals surface area contributed by atoms with Crippen LogP contribution in [0.3, 0.4) is 0 Å². The Hall–Kier alpha value is -2.45. The molecule has 4 rings (SSSR count). The van der Waals surface area contributed by atoms with Gasteiger partial charge in [0.2, 0.25) is 5.95 Å². The molecule has 2 atom stereocenters. The van der Waals surface area contributed by atoms with Gasteiger partial charge in [0, 0.05) is 12.0 Å². The minimum absolute atomic E-state index is 0.0473. The average Bonchev–Trinajstić information content (AvgIpc) is 3.31. The Morgan fingerprint density at radius 3 is 2.48 bits per heavy atom. The predicted octanol–water partition coefficient (Wildman–Crippen LogP) is 3.53. The van der Waals surface area contributed by atoms with Gasteiger partial charge in [-0.2, -0.15) is 18.4 Å². The van der Waals surface area contributed by atoms with Crippen molar-refractivity contribution in [2.75, 3.05) is 18.9 Å². The van der Waals surface area contributed by atoms with Crippen LogP contribution in [-0.4, -0.2) is 45.2 Å². The molecule has 0 spiro atoms. The first-order valence-corrected chi connectivity index (χ1v) is 10.2. The number of nitriles is 1. The zero-order valence-electron chi connectivity index (χ0n) is 17.1. The fourth-order valence-electron chi connectivity index (χ4n) is 4.47. The molecular weight excluding hydrogens is 418 g/mol. The summed E-state index contributed by atoms with van der Waals surface area (Å²) in [5.41, 5.74) is 2.19. The lowest BCUT2D eigenvalue weighted by Gasteiger charge is -2.30. The van der Waals surface area contributed by atoms with E-state index in [0.29, 0.717) is 32.3 Å². The van der Waals surface area contributed by atoms with E-state index in [0.717, 1.165) is 30.2 Å². The van der Waals surface area contributed by atoms with Gasteiger partial charge in [-0.25, -0.2) is 13.9 Å². The topological polar surface area (TPSA) is 109 Å². The molecule has 2 unspecified atom stereocenters. The number of nitrogens with two attached hydrogens (primary N) is 1. The van der Waals surface area contributed by atoms with Crippen molar-refractivity contribution in [3.63, 3.8) is 0 Å². The Bertz CT molecular complexity index is 955. The summed E-state index contributed by atoms with van der Waals surface area (Å²) in [5, 5.41) is 22.1. The molecule has 170 valence electrons. The molecule has 0 aromatic carbocycles. The summed E-state index contributed by atoms with van der Waals surface area (Å²) in [5.74, 6) is -0.239. The lowest BCUT2D eigenvalue weighted by atomic mass is 9.77. The van der Waals surface area contributed by atoms with Crippen LogP contribution in [0.15, 0.2) is 6.20 Å². The molecule has 1 aliphatic heterocycles. The minimum Gasteiger partial charge on any atom is -0.391 e. The van der Waals surface area contributed by atoms with Crippen molar-refractivity contribution in [2.45, 2.75) is 69.3 Å². The molecule has 2 fully saturated rings. The van der Waals surface area contributed by atoms with E-state index in [1.54, 1.807) is 6.07 Å². The minimum atomic E-state index is -4.78. The summed E-state index contributed by atoms with van der Waals surface area (Å²) in [7, 11) is 0. The van der Waals surface area contributed by atoms with Crippen molar-refractivity contribution >= 4 is 11.5 Å². The van der Waals surface area contributed by atoms with Crippen LogP contribution in [0, 0.1) is 11.3 Å². The van der Waals surface area contributed by atoms with Crippen LogP contribution in [-0.2, 0) is 16.3 Å². The average molecular weight is 443 g/mol. The van der Waals surface area contributed by atoms with Crippen LogP contribution in [0.5, 0.6) is 0 Å². The maximum atomic E-state index is 14.5. The van der Waals surface area contributed by atoms with E-state index < -0.39 is 28.9 Å². The highest BCUT2D eigenvalue weighted by Gasteiger charge is 2.49. The van der Waals surface area contributed by atoms with Crippen LogP contribution in [0.1, 0.15) is 62.3 Å². The second kappa shape index (κ2) is 8.96. The summed E-state index contributed by atoms with van der Waals surface area (Å²) in [6.45, 7) is 2.68. The normalized spacial score (nSPS) is 21.9. The van der Waals surface area contributed by atoms with Crippen molar-refractivity contribution in [1.82, 2.24) is 14.6 Å². The summed E-state index contributed by atoms with van der Waals surface area (Å²) < 4.78 is 61.1. The molecule has 2 aromatic rings. The number of alkyl halides is 4. The van der Waals surface area contributed by atoms with Gasteiger partial charge in [0.15, 0.2) is 0 Å².